The van der Waals surface area contributed by atoms with Gasteiger partial charge in [-0.2, -0.15) is 11.8 Å². The first-order valence-corrected chi connectivity index (χ1v) is 7.70. The Balaban J connectivity index is 2.07. The van der Waals surface area contributed by atoms with Crippen LogP contribution in [0.5, 0.6) is 0 Å². The number of thioether (sulfide) groups is 1. The zero-order valence-electron chi connectivity index (χ0n) is 11.1. The second kappa shape index (κ2) is 6.76. The van der Waals surface area contributed by atoms with Crippen molar-refractivity contribution in [2.45, 2.75) is 13.0 Å². The summed E-state index contributed by atoms with van der Waals surface area (Å²) in [4.78, 5) is 6.57. The van der Waals surface area contributed by atoms with Gasteiger partial charge in [-0.05, 0) is 49.0 Å². The highest BCUT2D eigenvalue weighted by atomic mass is 32.2. The van der Waals surface area contributed by atoms with Gasteiger partial charge in [-0.15, -0.1) is 0 Å². The van der Waals surface area contributed by atoms with Crippen molar-refractivity contribution in [3.05, 3.63) is 42.2 Å². The molecule has 2 aromatic rings. The van der Waals surface area contributed by atoms with Crippen LogP contribution in [0.4, 0.5) is 0 Å². The lowest BCUT2D eigenvalue weighted by Gasteiger charge is -2.17. The third kappa shape index (κ3) is 3.47. The first kappa shape index (κ1) is 13.4. The Hall–Kier alpha value is -1.06. The molecule has 0 bridgehead atoms. The smallest absolute Gasteiger partial charge is 0.0346 e. The van der Waals surface area contributed by atoms with Gasteiger partial charge in [0.05, 0.1) is 0 Å². The molecule has 0 atom stereocenters. The molecule has 3 heteroatoms. The fourth-order valence-corrected chi connectivity index (χ4v) is 2.59. The molecule has 0 aliphatic heterocycles. The SMILES string of the molecule is CSCCCN(C)Cc1cccc2cnccc12. The van der Waals surface area contributed by atoms with Gasteiger partial charge in [0, 0.05) is 24.3 Å². The van der Waals surface area contributed by atoms with Crippen LogP contribution in [0, 0.1) is 0 Å². The molecule has 0 radical (unpaired) electrons. The van der Waals surface area contributed by atoms with Crippen molar-refractivity contribution in [1.82, 2.24) is 9.88 Å². The number of hydrogen-bond donors (Lipinski definition) is 0. The Morgan fingerprint density at radius 3 is 3.00 bits per heavy atom. The average molecular weight is 260 g/mol. The minimum Gasteiger partial charge on any atom is -0.302 e. The zero-order chi connectivity index (χ0) is 12.8. The zero-order valence-corrected chi connectivity index (χ0v) is 11.9. The number of benzene rings is 1. The van der Waals surface area contributed by atoms with Crippen LogP contribution in [0.3, 0.4) is 0 Å². The summed E-state index contributed by atoms with van der Waals surface area (Å²) in [6.07, 6.45) is 7.23. The summed E-state index contributed by atoms with van der Waals surface area (Å²) < 4.78 is 0. The summed E-state index contributed by atoms with van der Waals surface area (Å²) in [6, 6.07) is 8.57. The maximum absolute atomic E-state index is 4.18. The first-order chi connectivity index (χ1) is 8.81. The standard InChI is InChI=1S/C15H20N2S/c1-17(9-4-10-18-2)12-14-6-3-5-13-11-16-8-7-15(13)14/h3,5-8,11H,4,9-10,12H2,1-2H3. The number of nitrogens with zero attached hydrogens (tertiary/aromatic N) is 2. The van der Waals surface area contributed by atoms with Crippen molar-refractivity contribution in [1.29, 1.82) is 0 Å². The number of fused-ring (bicyclic) bond motifs is 1. The maximum atomic E-state index is 4.18. The van der Waals surface area contributed by atoms with E-state index in [9.17, 15) is 0 Å². The van der Waals surface area contributed by atoms with E-state index in [0.29, 0.717) is 0 Å². The van der Waals surface area contributed by atoms with E-state index in [1.165, 1.54) is 28.5 Å². The third-order valence-corrected chi connectivity index (χ3v) is 3.80. The minimum absolute atomic E-state index is 1.01. The molecule has 96 valence electrons. The molecule has 0 spiro atoms. The molecule has 0 aliphatic rings. The quantitative estimate of drug-likeness (QED) is 0.740. The lowest BCUT2D eigenvalue weighted by molar-refractivity contribution is 0.330. The van der Waals surface area contributed by atoms with Gasteiger partial charge >= 0.3 is 0 Å². The van der Waals surface area contributed by atoms with Gasteiger partial charge in [-0.1, -0.05) is 18.2 Å². The largest absolute Gasteiger partial charge is 0.302 e. The van der Waals surface area contributed by atoms with Crippen LogP contribution in [-0.4, -0.2) is 35.5 Å². The Bertz CT molecular complexity index is 493. The lowest BCUT2D eigenvalue weighted by Crippen LogP contribution is -2.19. The van der Waals surface area contributed by atoms with E-state index < -0.39 is 0 Å². The molecular formula is C15H20N2S. The number of aromatic nitrogens is 1. The van der Waals surface area contributed by atoms with Gasteiger partial charge in [0.15, 0.2) is 0 Å². The molecule has 1 aromatic carbocycles. The van der Waals surface area contributed by atoms with E-state index in [2.05, 4.69) is 47.5 Å². The van der Waals surface area contributed by atoms with E-state index >= 15 is 0 Å². The van der Waals surface area contributed by atoms with Crippen LogP contribution >= 0.6 is 11.8 Å². The normalized spacial score (nSPS) is 11.3. The maximum Gasteiger partial charge on any atom is 0.0346 e. The fourth-order valence-electron chi connectivity index (χ4n) is 2.18. The van der Waals surface area contributed by atoms with Crippen LogP contribution in [0.2, 0.25) is 0 Å². The van der Waals surface area contributed by atoms with Crippen molar-refractivity contribution in [2.24, 2.45) is 0 Å². The van der Waals surface area contributed by atoms with Crippen molar-refractivity contribution in [3.8, 4) is 0 Å². The summed E-state index contributed by atoms with van der Waals surface area (Å²) >= 11 is 1.92. The predicted octanol–water partition coefficient (Wildman–Crippen LogP) is 3.42. The van der Waals surface area contributed by atoms with Crippen LogP contribution in [-0.2, 0) is 6.54 Å². The topological polar surface area (TPSA) is 16.1 Å². The van der Waals surface area contributed by atoms with Crippen molar-refractivity contribution < 1.29 is 0 Å². The summed E-state index contributed by atoms with van der Waals surface area (Å²) in [6.45, 7) is 2.16. The fraction of sp³-hybridized carbons (Fsp3) is 0.400. The van der Waals surface area contributed by atoms with Crippen molar-refractivity contribution in [3.63, 3.8) is 0 Å². The number of hydrogen-bond acceptors (Lipinski definition) is 3. The molecule has 0 amide bonds. The van der Waals surface area contributed by atoms with Crippen LogP contribution < -0.4 is 0 Å². The average Bonchev–Trinajstić information content (AvgIpc) is 2.39. The van der Waals surface area contributed by atoms with Crippen LogP contribution in [0.25, 0.3) is 10.8 Å². The van der Waals surface area contributed by atoms with E-state index in [1.807, 2.05) is 24.2 Å². The molecule has 0 saturated heterocycles. The molecule has 0 unspecified atom stereocenters. The van der Waals surface area contributed by atoms with E-state index in [1.54, 1.807) is 0 Å². The molecular weight excluding hydrogens is 240 g/mol. The Kier molecular flexibility index (Phi) is 5.02. The minimum atomic E-state index is 1.01. The summed E-state index contributed by atoms with van der Waals surface area (Å²) in [5, 5.41) is 2.55. The number of rotatable bonds is 6. The van der Waals surface area contributed by atoms with Crippen molar-refractivity contribution in [2.75, 3.05) is 25.6 Å². The summed E-state index contributed by atoms with van der Waals surface area (Å²) in [5.41, 5.74) is 1.39. The molecule has 1 aromatic heterocycles. The van der Waals surface area contributed by atoms with E-state index in [-0.39, 0.29) is 0 Å². The van der Waals surface area contributed by atoms with Gasteiger partial charge in [-0.3, -0.25) is 4.98 Å². The predicted molar refractivity (Wildman–Crippen MR) is 81.1 cm³/mol. The molecule has 18 heavy (non-hydrogen) atoms. The highest BCUT2D eigenvalue weighted by molar-refractivity contribution is 7.98. The van der Waals surface area contributed by atoms with Gasteiger partial charge in [0.1, 0.15) is 0 Å². The lowest BCUT2D eigenvalue weighted by atomic mass is 10.1. The van der Waals surface area contributed by atoms with E-state index in [0.717, 1.165) is 13.1 Å². The first-order valence-electron chi connectivity index (χ1n) is 6.30. The van der Waals surface area contributed by atoms with E-state index in [4.69, 9.17) is 0 Å². The second-order valence-corrected chi connectivity index (χ2v) is 5.58. The molecule has 0 N–H and O–H groups in total. The number of pyridine rings is 1. The molecule has 1 heterocycles. The molecule has 2 rings (SSSR count). The third-order valence-electron chi connectivity index (χ3n) is 3.10. The van der Waals surface area contributed by atoms with Crippen LogP contribution in [0.15, 0.2) is 36.7 Å². The molecule has 0 saturated carbocycles. The summed E-state index contributed by atoms with van der Waals surface area (Å²) in [7, 11) is 2.19. The van der Waals surface area contributed by atoms with Gasteiger partial charge in [0.2, 0.25) is 0 Å². The highest BCUT2D eigenvalue weighted by Crippen LogP contribution is 2.18. The molecule has 2 nitrogen and oxygen atoms in total. The Morgan fingerprint density at radius 1 is 1.28 bits per heavy atom. The Labute approximate surface area is 113 Å². The van der Waals surface area contributed by atoms with Crippen LogP contribution in [0.1, 0.15) is 12.0 Å². The Morgan fingerprint density at radius 2 is 2.17 bits per heavy atom. The molecule has 0 aliphatic carbocycles. The molecule has 0 fully saturated rings. The van der Waals surface area contributed by atoms with Gasteiger partial charge < -0.3 is 4.90 Å². The van der Waals surface area contributed by atoms with Crippen molar-refractivity contribution >= 4 is 22.5 Å². The summed E-state index contributed by atoms with van der Waals surface area (Å²) in [5.74, 6) is 1.24. The van der Waals surface area contributed by atoms with Gasteiger partial charge in [0.25, 0.3) is 0 Å². The highest BCUT2D eigenvalue weighted by Gasteiger charge is 2.04. The monoisotopic (exact) mass is 260 g/mol. The van der Waals surface area contributed by atoms with Gasteiger partial charge in [-0.25, -0.2) is 0 Å². The second-order valence-electron chi connectivity index (χ2n) is 4.60.